The van der Waals surface area contributed by atoms with Gasteiger partial charge in [0.1, 0.15) is 16.5 Å². The van der Waals surface area contributed by atoms with Crippen molar-refractivity contribution in [2.24, 2.45) is 0 Å². The quantitative estimate of drug-likeness (QED) is 0.429. The Bertz CT molecular complexity index is 1200. The molecule has 9 heteroatoms. The maximum Gasteiger partial charge on any atom is 0.348 e. The third kappa shape index (κ3) is 4.62. The molecule has 3 aromatic rings. The molecule has 4 rings (SSSR count). The summed E-state index contributed by atoms with van der Waals surface area (Å²) in [5.41, 5.74) is 0.695. The van der Waals surface area contributed by atoms with E-state index in [1.807, 2.05) is 4.90 Å². The number of rotatable bonds is 5. The number of carbonyl (C=O) groups excluding carboxylic acids is 3. The Morgan fingerprint density at radius 1 is 1.00 bits per heavy atom. The summed E-state index contributed by atoms with van der Waals surface area (Å²) in [5, 5.41) is 0.605. The van der Waals surface area contributed by atoms with Crippen LogP contribution in [0.3, 0.4) is 0 Å². The van der Waals surface area contributed by atoms with Gasteiger partial charge >= 0.3 is 5.97 Å². The zero-order valence-corrected chi connectivity index (χ0v) is 18.1. The fourth-order valence-electron chi connectivity index (χ4n) is 3.58. The lowest BCUT2D eigenvalue weighted by Gasteiger charge is -2.36. The van der Waals surface area contributed by atoms with Gasteiger partial charge in [-0.2, -0.15) is 0 Å². The van der Waals surface area contributed by atoms with Crippen molar-refractivity contribution in [3.63, 3.8) is 0 Å². The highest BCUT2D eigenvalue weighted by Gasteiger charge is 2.24. The number of nitrogens with zero attached hydrogens (tertiary/aromatic N) is 2. The van der Waals surface area contributed by atoms with Crippen molar-refractivity contribution >= 4 is 44.8 Å². The molecule has 1 aromatic heterocycles. The summed E-state index contributed by atoms with van der Waals surface area (Å²) in [6, 6.07) is 10.2. The molecule has 0 radical (unpaired) electrons. The van der Waals surface area contributed by atoms with Gasteiger partial charge in [-0.3, -0.25) is 9.59 Å². The second kappa shape index (κ2) is 9.04. The van der Waals surface area contributed by atoms with E-state index in [2.05, 4.69) is 0 Å². The molecule has 1 fully saturated rings. The second-order valence-corrected chi connectivity index (χ2v) is 8.54. The number of piperazine rings is 1. The number of benzene rings is 2. The molecule has 0 unspecified atom stereocenters. The van der Waals surface area contributed by atoms with Gasteiger partial charge in [0, 0.05) is 36.4 Å². The summed E-state index contributed by atoms with van der Waals surface area (Å²) in [6.07, 6.45) is 0. The topological polar surface area (TPSA) is 66.9 Å². The van der Waals surface area contributed by atoms with E-state index in [-0.39, 0.29) is 17.5 Å². The highest BCUT2D eigenvalue weighted by Crippen LogP contribution is 2.27. The number of hydrogen-bond acceptors (Lipinski definition) is 6. The summed E-state index contributed by atoms with van der Waals surface area (Å²) in [5.74, 6) is -2.04. The number of ketones is 1. The highest BCUT2D eigenvalue weighted by molar-refractivity contribution is 7.20. The first-order valence-corrected chi connectivity index (χ1v) is 10.8. The molecule has 2 aromatic carbocycles. The van der Waals surface area contributed by atoms with E-state index in [9.17, 15) is 23.2 Å². The first-order chi connectivity index (χ1) is 15.3. The number of fused-ring (bicyclic) bond motifs is 1. The number of anilines is 1. The van der Waals surface area contributed by atoms with Crippen LogP contribution >= 0.6 is 11.3 Å². The molecule has 0 atom stereocenters. The van der Waals surface area contributed by atoms with Gasteiger partial charge in [0.2, 0.25) is 0 Å². The van der Waals surface area contributed by atoms with Gasteiger partial charge in [0.25, 0.3) is 5.91 Å². The molecule has 0 spiro atoms. The lowest BCUT2D eigenvalue weighted by molar-refractivity contribution is -0.134. The van der Waals surface area contributed by atoms with Crippen molar-refractivity contribution in [3.05, 3.63) is 64.5 Å². The van der Waals surface area contributed by atoms with Crippen LogP contribution in [0.15, 0.2) is 42.5 Å². The molecule has 1 aliphatic heterocycles. The van der Waals surface area contributed by atoms with Crippen molar-refractivity contribution in [1.82, 2.24) is 4.90 Å². The molecule has 6 nitrogen and oxygen atoms in total. The Kier molecular flexibility index (Phi) is 6.18. The van der Waals surface area contributed by atoms with Crippen LogP contribution in [0.5, 0.6) is 0 Å². The number of Topliss-reactive ketones (excluding diaryl/α,β-unsaturated/α-hetero) is 1. The number of hydrogen-bond donors (Lipinski definition) is 0. The summed E-state index contributed by atoms with van der Waals surface area (Å²) in [6.45, 7) is 2.52. The first kappa shape index (κ1) is 21.9. The van der Waals surface area contributed by atoms with Crippen molar-refractivity contribution in [3.8, 4) is 0 Å². The molecule has 1 aliphatic rings. The third-order valence-electron chi connectivity index (χ3n) is 5.33. The summed E-state index contributed by atoms with van der Waals surface area (Å²) in [7, 11) is 0. The van der Waals surface area contributed by atoms with Crippen molar-refractivity contribution < 1.29 is 27.9 Å². The minimum absolute atomic E-state index is 0.205. The van der Waals surface area contributed by atoms with Crippen LogP contribution in [0, 0.1) is 11.6 Å². The molecule has 166 valence electrons. The Morgan fingerprint density at radius 2 is 1.75 bits per heavy atom. The van der Waals surface area contributed by atoms with E-state index in [4.69, 9.17) is 4.74 Å². The van der Waals surface area contributed by atoms with Crippen molar-refractivity contribution in [1.29, 1.82) is 0 Å². The van der Waals surface area contributed by atoms with Gasteiger partial charge in [0.15, 0.2) is 12.4 Å². The van der Waals surface area contributed by atoms with Gasteiger partial charge in [-0.05, 0) is 54.8 Å². The minimum Gasteiger partial charge on any atom is -0.451 e. The lowest BCUT2D eigenvalue weighted by Crippen LogP contribution is -2.50. The average molecular weight is 458 g/mol. The Hall–Kier alpha value is -3.33. The standard InChI is InChI=1S/C23H20F2N2O4S/c1-14(28)15-2-4-19(18(25)11-15)26-6-8-27(9-7-26)22(29)13-31-23(30)21-12-16-10-17(24)3-5-20(16)32-21/h2-5,10-12H,6-9,13H2,1H3. The van der Waals surface area contributed by atoms with Crippen LogP contribution in [0.25, 0.3) is 10.1 Å². The summed E-state index contributed by atoms with van der Waals surface area (Å²) < 4.78 is 33.6. The molecule has 0 saturated carbocycles. The molecular formula is C23H20F2N2O4S. The molecule has 32 heavy (non-hydrogen) atoms. The van der Waals surface area contributed by atoms with E-state index in [0.29, 0.717) is 47.7 Å². The van der Waals surface area contributed by atoms with Crippen LogP contribution in [0.1, 0.15) is 27.0 Å². The van der Waals surface area contributed by atoms with Crippen LogP contribution in [-0.4, -0.2) is 55.3 Å². The molecule has 1 saturated heterocycles. The van der Waals surface area contributed by atoms with E-state index >= 15 is 0 Å². The monoisotopic (exact) mass is 458 g/mol. The average Bonchev–Trinajstić information content (AvgIpc) is 3.20. The number of thiophene rings is 1. The Morgan fingerprint density at radius 3 is 2.44 bits per heavy atom. The van der Waals surface area contributed by atoms with Gasteiger partial charge in [-0.15, -0.1) is 11.3 Å². The van der Waals surface area contributed by atoms with Crippen LogP contribution < -0.4 is 4.90 Å². The zero-order chi connectivity index (χ0) is 22.8. The van der Waals surface area contributed by atoms with E-state index in [0.717, 1.165) is 4.70 Å². The van der Waals surface area contributed by atoms with Gasteiger partial charge < -0.3 is 14.5 Å². The third-order valence-corrected chi connectivity index (χ3v) is 6.43. The van der Waals surface area contributed by atoms with E-state index < -0.39 is 18.4 Å². The maximum absolute atomic E-state index is 14.4. The van der Waals surface area contributed by atoms with E-state index in [1.165, 1.54) is 36.5 Å². The van der Waals surface area contributed by atoms with E-state index in [1.54, 1.807) is 29.2 Å². The summed E-state index contributed by atoms with van der Waals surface area (Å²) in [4.78, 5) is 39.8. The minimum atomic E-state index is -0.633. The highest BCUT2D eigenvalue weighted by atomic mass is 32.1. The lowest BCUT2D eigenvalue weighted by atomic mass is 10.1. The molecular weight excluding hydrogens is 438 g/mol. The fraction of sp³-hybridized carbons (Fsp3) is 0.261. The van der Waals surface area contributed by atoms with Gasteiger partial charge in [0.05, 0.1) is 5.69 Å². The molecule has 0 N–H and O–H groups in total. The SMILES string of the molecule is CC(=O)c1ccc(N2CCN(C(=O)COC(=O)c3cc4cc(F)ccc4s3)CC2)c(F)c1. The zero-order valence-electron chi connectivity index (χ0n) is 17.3. The van der Waals surface area contributed by atoms with Gasteiger partial charge in [-0.1, -0.05) is 0 Å². The van der Waals surface area contributed by atoms with Crippen molar-refractivity contribution in [2.75, 3.05) is 37.7 Å². The normalized spacial score (nSPS) is 14.0. The van der Waals surface area contributed by atoms with Crippen LogP contribution in [-0.2, 0) is 9.53 Å². The fourth-order valence-corrected chi connectivity index (χ4v) is 4.52. The predicted octanol–water partition coefficient (Wildman–Crippen LogP) is 3.89. The Labute approximate surface area is 187 Å². The largest absolute Gasteiger partial charge is 0.451 e. The maximum atomic E-state index is 14.4. The number of amides is 1. The predicted molar refractivity (Wildman–Crippen MR) is 117 cm³/mol. The molecule has 0 aliphatic carbocycles. The molecule has 2 heterocycles. The first-order valence-electron chi connectivity index (χ1n) is 10.0. The smallest absolute Gasteiger partial charge is 0.348 e. The molecule has 0 bridgehead atoms. The number of ether oxygens (including phenoxy) is 1. The van der Waals surface area contributed by atoms with Crippen LogP contribution in [0.4, 0.5) is 14.5 Å². The molecule has 1 amide bonds. The Balaban J connectivity index is 1.30. The number of halogens is 2. The number of carbonyl (C=O) groups is 3. The summed E-state index contributed by atoms with van der Waals surface area (Å²) >= 11 is 1.17. The number of esters is 1. The van der Waals surface area contributed by atoms with Gasteiger partial charge in [-0.25, -0.2) is 13.6 Å². The van der Waals surface area contributed by atoms with Crippen LogP contribution in [0.2, 0.25) is 0 Å². The van der Waals surface area contributed by atoms with Crippen molar-refractivity contribution in [2.45, 2.75) is 6.92 Å². The second-order valence-electron chi connectivity index (χ2n) is 7.46.